The van der Waals surface area contributed by atoms with Crippen LogP contribution < -0.4 is 5.32 Å². The van der Waals surface area contributed by atoms with Crippen molar-refractivity contribution in [3.63, 3.8) is 0 Å². The molecule has 1 aliphatic carbocycles. The van der Waals surface area contributed by atoms with E-state index in [0.29, 0.717) is 25.0 Å². The number of fused-ring (bicyclic) bond motifs is 2. The Kier molecular flexibility index (Phi) is 3.38. The summed E-state index contributed by atoms with van der Waals surface area (Å²) in [6.07, 6.45) is 5.41. The van der Waals surface area contributed by atoms with Gasteiger partial charge in [0.1, 0.15) is 0 Å². The highest BCUT2D eigenvalue weighted by atomic mass is 32.2. The molecule has 5 nitrogen and oxygen atoms in total. The third kappa shape index (κ3) is 2.09. The van der Waals surface area contributed by atoms with Gasteiger partial charge < -0.3 is 5.32 Å². The second-order valence-electron chi connectivity index (χ2n) is 5.90. The smallest absolute Gasteiger partial charge is 0.282 e. The maximum absolute atomic E-state index is 12.7. The fourth-order valence-electron chi connectivity index (χ4n) is 3.70. The van der Waals surface area contributed by atoms with Crippen molar-refractivity contribution in [3.8, 4) is 0 Å². The second-order valence-corrected chi connectivity index (χ2v) is 7.78. The van der Waals surface area contributed by atoms with Crippen LogP contribution in [0.3, 0.4) is 0 Å². The predicted octanol–water partition coefficient (Wildman–Crippen LogP) is 0.399. The Morgan fingerprint density at radius 3 is 2.61 bits per heavy atom. The monoisotopic (exact) mass is 273 g/mol. The molecule has 0 aromatic heterocycles. The van der Waals surface area contributed by atoms with Crippen molar-refractivity contribution in [2.75, 3.05) is 26.7 Å². The van der Waals surface area contributed by atoms with Crippen LogP contribution in [-0.2, 0) is 10.2 Å². The van der Waals surface area contributed by atoms with Gasteiger partial charge >= 0.3 is 0 Å². The van der Waals surface area contributed by atoms with Gasteiger partial charge in [0.15, 0.2) is 0 Å². The molecule has 2 saturated heterocycles. The van der Waals surface area contributed by atoms with E-state index in [0.717, 1.165) is 32.2 Å². The minimum absolute atomic E-state index is 0.287. The largest absolute Gasteiger partial charge is 0.316 e. The number of hydrogen-bond donors (Lipinski definition) is 1. The molecule has 2 aliphatic heterocycles. The molecule has 18 heavy (non-hydrogen) atoms. The van der Waals surface area contributed by atoms with Crippen molar-refractivity contribution < 1.29 is 8.42 Å². The fourth-order valence-corrected chi connectivity index (χ4v) is 5.69. The SMILES string of the molecule is CNC1CCCN(S(=O)(=O)N2CC3CCC2C3)C1. The molecule has 0 spiro atoms. The number of likely N-dealkylation sites (N-methyl/N-ethyl adjacent to an activating group) is 1. The molecule has 2 bridgehead atoms. The molecule has 0 amide bonds. The van der Waals surface area contributed by atoms with Crippen LogP contribution in [0.15, 0.2) is 0 Å². The molecular formula is C12H23N3O2S. The summed E-state index contributed by atoms with van der Waals surface area (Å²) >= 11 is 0. The summed E-state index contributed by atoms with van der Waals surface area (Å²) in [6.45, 7) is 2.08. The number of hydrogen-bond acceptors (Lipinski definition) is 3. The Morgan fingerprint density at radius 1 is 1.17 bits per heavy atom. The van der Waals surface area contributed by atoms with Crippen molar-refractivity contribution in [3.05, 3.63) is 0 Å². The summed E-state index contributed by atoms with van der Waals surface area (Å²) in [5.74, 6) is 0.620. The highest BCUT2D eigenvalue weighted by Crippen LogP contribution is 2.39. The van der Waals surface area contributed by atoms with E-state index < -0.39 is 10.2 Å². The third-order valence-electron chi connectivity index (χ3n) is 4.77. The van der Waals surface area contributed by atoms with Gasteiger partial charge in [-0.15, -0.1) is 0 Å². The third-order valence-corrected chi connectivity index (χ3v) is 6.80. The molecule has 6 heteroatoms. The Balaban J connectivity index is 1.74. The Hall–Kier alpha value is -0.170. The standard InChI is InChI=1S/C12H23N3O2S/c1-13-11-3-2-6-14(9-11)18(16,17)15-8-10-4-5-12(15)7-10/h10-13H,2-9H2,1H3. The van der Waals surface area contributed by atoms with Gasteiger partial charge in [-0.1, -0.05) is 0 Å². The molecule has 3 rings (SSSR count). The van der Waals surface area contributed by atoms with Crippen molar-refractivity contribution >= 4 is 10.2 Å². The van der Waals surface area contributed by atoms with Crippen LogP contribution in [0.5, 0.6) is 0 Å². The molecule has 0 aromatic rings. The Bertz CT molecular complexity index is 412. The van der Waals surface area contributed by atoms with E-state index in [1.807, 2.05) is 7.05 Å². The molecule has 104 valence electrons. The van der Waals surface area contributed by atoms with E-state index in [-0.39, 0.29) is 6.04 Å². The van der Waals surface area contributed by atoms with Gasteiger partial charge in [0, 0.05) is 31.7 Å². The number of nitrogens with one attached hydrogen (secondary N) is 1. The molecule has 1 saturated carbocycles. The maximum Gasteiger partial charge on any atom is 0.282 e. The summed E-state index contributed by atoms with van der Waals surface area (Å²) in [5.41, 5.74) is 0. The second kappa shape index (κ2) is 4.74. The maximum atomic E-state index is 12.7. The first kappa shape index (κ1) is 12.8. The van der Waals surface area contributed by atoms with E-state index in [9.17, 15) is 8.42 Å². The van der Waals surface area contributed by atoms with Crippen LogP contribution in [0.25, 0.3) is 0 Å². The minimum atomic E-state index is -3.21. The van der Waals surface area contributed by atoms with Gasteiger partial charge in [-0.2, -0.15) is 17.0 Å². The summed E-state index contributed by atoms with van der Waals surface area (Å²) in [6, 6.07) is 0.600. The average molecular weight is 273 g/mol. The van der Waals surface area contributed by atoms with E-state index in [1.54, 1.807) is 8.61 Å². The molecule has 0 radical (unpaired) electrons. The van der Waals surface area contributed by atoms with Gasteiger partial charge in [0.2, 0.25) is 0 Å². The van der Waals surface area contributed by atoms with E-state index in [1.165, 1.54) is 6.42 Å². The van der Waals surface area contributed by atoms with Crippen LogP contribution in [-0.4, -0.2) is 55.8 Å². The first-order valence-corrected chi connectivity index (χ1v) is 8.45. The molecule has 3 fully saturated rings. The van der Waals surface area contributed by atoms with Gasteiger partial charge in [-0.25, -0.2) is 0 Å². The van der Waals surface area contributed by atoms with Gasteiger partial charge in [0.05, 0.1) is 0 Å². The van der Waals surface area contributed by atoms with E-state index in [4.69, 9.17) is 0 Å². The van der Waals surface area contributed by atoms with Crippen LogP contribution in [0, 0.1) is 5.92 Å². The van der Waals surface area contributed by atoms with Crippen LogP contribution in [0.2, 0.25) is 0 Å². The summed E-state index contributed by atoms with van der Waals surface area (Å²) in [5, 5.41) is 3.21. The molecule has 2 heterocycles. The van der Waals surface area contributed by atoms with Crippen LogP contribution in [0.1, 0.15) is 32.1 Å². The zero-order valence-electron chi connectivity index (χ0n) is 11.0. The van der Waals surface area contributed by atoms with Gasteiger partial charge in [0.25, 0.3) is 10.2 Å². The minimum Gasteiger partial charge on any atom is -0.316 e. The lowest BCUT2D eigenvalue weighted by Crippen LogP contribution is -2.53. The lowest BCUT2D eigenvalue weighted by molar-refractivity contribution is 0.251. The normalized spacial score (nSPS) is 38.4. The Labute approximate surface area is 110 Å². The van der Waals surface area contributed by atoms with Crippen molar-refractivity contribution in [1.29, 1.82) is 0 Å². The lowest BCUT2D eigenvalue weighted by atomic mass is 10.1. The Morgan fingerprint density at radius 2 is 2.00 bits per heavy atom. The molecule has 3 atom stereocenters. The molecule has 0 aromatic carbocycles. The predicted molar refractivity (Wildman–Crippen MR) is 70.4 cm³/mol. The summed E-state index contributed by atoms with van der Waals surface area (Å²) in [7, 11) is -1.29. The van der Waals surface area contributed by atoms with Gasteiger partial charge in [-0.05, 0) is 45.1 Å². The van der Waals surface area contributed by atoms with Crippen LogP contribution in [0.4, 0.5) is 0 Å². The highest BCUT2D eigenvalue weighted by molar-refractivity contribution is 7.86. The van der Waals surface area contributed by atoms with Gasteiger partial charge in [-0.3, -0.25) is 0 Å². The molecule has 3 unspecified atom stereocenters. The quantitative estimate of drug-likeness (QED) is 0.810. The van der Waals surface area contributed by atoms with E-state index in [2.05, 4.69) is 5.32 Å². The first-order valence-electron chi connectivity index (χ1n) is 7.05. The summed E-state index contributed by atoms with van der Waals surface area (Å²) in [4.78, 5) is 0. The zero-order chi connectivity index (χ0) is 12.8. The number of nitrogens with zero attached hydrogens (tertiary/aromatic N) is 2. The highest BCUT2D eigenvalue weighted by Gasteiger charge is 2.46. The zero-order valence-corrected chi connectivity index (χ0v) is 11.8. The molecule has 1 N–H and O–H groups in total. The number of rotatable bonds is 3. The number of piperidine rings is 2. The lowest BCUT2D eigenvalue weighted by Gasteiger charge is -2.36. The van der Waals surface area contributed by atoms with Crippen LogP contribution >= 0.6 is 0 Å². The van der Waals surface area contributed by atoms with Crippen molar-refractivity contribution in [2.45, 2.75) is 44.2 Å². The molecule has 3 aliphatic rings. The summed E-state index contributed by atoms with van der Waals surface area (Å²) < 4.78 is 28.8. The average Bonchev–Trinajstić information content (AvgIpc) is 3.01. The van der Waals surface area contributed by atoms with Crippen molar-refractivity contribution in [1.82, 2.24) is 13.9 Å². The molecular weight excluding hydrogens is 250 g/mol. The first-order chi connectivity index (χ1) is 8.61. The fraction of sp³-hybridized carbons (Fsp3) is 1.00. The van der Waals surface area contributed by atoms with Crippen molar-refractivity contribution in [2.24, 2.45) is 5.92 Å². The van der Waals surface area contributed by atoms with E-state index >= 15 is 0 Å². The topological polar surface area (TPSA) is 52.7 Å².